The van der Waals surface area contributed by atoms with Gasteiger partial charge in [-0.2, -0.15) is 0 Å². The largest absolute Gasteiger partial charge is 0.507 e. The van der Waals surface area contributed by atoms with Crippen LogP contribution < -0.4 is 9.47 Å². The van der Waals surface area contributed by atoms with Crippen LogP contribution in [0, 0.1) is 23.7 Å². The summed E-state index contributed by atoms with van der Waals surface area (Å²) in [7, 11) is 0. The number of rotatable bonds is 8. The number of hydrogen-bond acceptors (Lipinski definition) is 4. The molecule has 6 rings (SSSR count). The number of benzene rings is 2. The molecule has 2 aromatic rings. The summed E-state index contributed by atoms with van der Waals surface area (Å²) in [4.78, 5) is 0. The van der Waals surface area contributed by atoms with Gasteiger partial charge in [0.05, 0.1) is 11.1 Å². The Labute approximate surface area is 279 Å². The van der Waals surface area contributed by atoms with Gasteiger partial charge in [0.25, 0.3) is 0 Å². The minimum atomic E-state index is -0.201. The van der Waals surface area contributed by atoms with Crippen molar-refractivity contribution in [2.75, 3.05) is 0 Å². The van der Waals surface area contributed by atoms with E-state index in [-0.39, 0.29) is 11.2 Å². The van der Waals surface area contributed by atoms with Crippen LogP contribution in [0.4, 0.5) is 0 Å². The summed E-state index contributed by atoms with van der Waals surface area (Å²) in [5, 5.41) is 21.3. The zero-order chi connectivity index (χ0) is 33.2. The first-order chi connectivity index (χ1) is 21.8. The first-order valence-electron chi connectivity index (χ1n) is 18.4. The van der Waals surface area contributed by atoms with Gasteiger partial charge in [-0.3, -0.25) is 0 Å². The SMILES string of the molecule is CCCCCc1cc(O)c2c(c1)OC(C)(C)[C@@H]1CC[C@@H](C)C=C21.CCCCCc1cc(O)c2c(c1)OC(C)(C)[C@@H]1CC[C@H](C)C=C21. The summed E-state index contributed by atoms with van der Waals surface area (Å²) < 4.78 is 12.7. The van der Waals surface area contributed by atoms with Crippen LogP contribution in [0.25, 0.3) is 11.1 Å². The van der Waals surface area contributed by atoms with E-state index in [0.29, 0.717) is 35.2 Å². The molecule has 46 heavy (non-hydrogen) atoms. The van der Waals surface area contributed by atoms with Gasteiger partial charge in [0.15, 0.2) is 0 Å². The molecule has 2 heterocycles. The van der Waals surface area contributed by atoms with E-state index in [0.717, 1.165) is 48.3 Å². The molecule has 0 aromatic heterocycles. The monoisotopic (exact) mass is 628 g/mol. The van der Waals surface area contributed by atoms with E-state index in [1.807, 2.05) is 12.1 Å². The quantitative estimate of drug-likeness (QED) is 0.286. The van der Waals surface area contributed by atoms with E-state index in [2.05, 4.69) is 79.7 Å². The molecule has 0 unspecified atom stereocenters. The molecular formula is C42H60O4. The van der Waals surface area contributed by atoms with Crippen molar-refractivity contribution in [3.05, 3.63) is 58.7 Å². The molecule has 252 valence electrons. The minimum Gasteiger partial charge on any atom is -0.507 e. The molecule has 4 heteroatoms. The fraction of sp³-hybridized carbons (Fsp3) is 0.619. The van der Waals surface area contributed by atoms with E-state index < -0.39 is 0 Å². The van der Waals surface area contributed by atoms with Crippen LogP contribution in [0.5, 0.6) is 23.0 Å². The number of unbranched alkanes of at least 4 members (excludes halogenated alkanes) is 4. The highest BCUT2D eigenvalue weighted by Gasteiger charge is 2.44. The molecule has 0 amide bonds. The molecule has 2 aliphatic heterocycles. The summed E-state index contributed by atoms with van der Waals surface area (Å²) in [5.41, 5.74) is 6.46. The Hall–Kier alpha value is -2.88. The van der Waals surface area contributed by atoms with Crippen LogP contribution in [-0.2, 0) is 12.8 Å². The highest BCUT2D eigenvalue weighted by molar-refractivity contribution is 5.81. The lowest BCUT2D eigenvalue weighted by Crippen LogP contribution is -2.42. The molecule has 2 aliphatic carbocycles. The fourth-order valence-electron chi connectivity index (χ4n) is 8.35. The van der Waals surface area contributed by atoms with Gasteiger partial charge in [-0.15, -0.1) is 0 Å². The number of ether oxygens (including phenoxy) is 2. The second-order valence-corrected chi connectivity index (χ2v) is 15.8. The maximum atomic E-state index is 10.7. The number of fused-ring (bicyclic) bond motifs is 6. The van der Waals surface area contributed by atoms with Crippen molar-refractivity contribution in [1.82, 2.24) is 0 Å². The average molecular weight is 629 g/mol. The number of phenols is 2. The highest BCUT2D eigenvalue weighted by Crippen LogP contribution is 2.54. The van der Waals surface area contributed by atoms with Crippen molar-refractivity contribution in [3.8, 4) is 23.0 Å². The summed E-state index contributed by atoms with van der Waals surface area (Å²) in [6.07, 6.45) is 18.6. The summed E-state index contributed by atoms with van der Waals surface area (Å²) in [5.74, 6) is 4.45. The van der Waals surface area contributed by atoms with E-state index in [9.17, 15) is 10.2 Å². The number of aromatic hydroxyl groups is 2. The van der Waals surface area contributed by atoms with Gasteiger partial charge in [0.2, 0.25) is 0 Å². The Balaban J connectivity index is 0.000000181. The molecule has 4 aliphatic rings. The maximum Gasteiger partial charge on any atom is 0.131 e. The number of aryl methyl sites for hydroxylation is 2. The van der Waals surface area contributed by atoms with Crippen molar-refractivity contribution >= 4 is 11.1 Å². The number of phenolic OH excluding ortho intramolecular Hbond substituents is 2. The van der Waals surface area contributed by atoms with Gasteiger partial charge < -0.3 is 19.7 Å². The minimum absolute atomic E-state index is 0.201. The smallest absolute Gasteiger partial charge is 0.131 e. The molecule has 4 atom stereocenters. The number of hydrogen-bond donors (Lipinski definition) is 2. The first kappa shape index (κ1) is 34.5. The molecule has 2 N–H and O–H groups in total. The Morgan fingerprint density at radius 1 is 0.609 bits per heavy atom. The first-order valence-corrected chi connectivity index (χ1v) is 18.4. The Bertz CT molecular complexity index is 1330. The summed E-state index contributed by atoms with van der Waals surface area (Å²) in [6.45, 7) is 17.7. The van der Waals surface area contributed by atoms with Crippen LogP contribution in [0.3, 0.4) is 0 Å². The highest BCUT2D eigenvalue weighted by atomic mass is 16.5. The van der Waals surface area contributed by atoms with Crippen molar-refractivity contribution in [2.24, 2.45) is 23.7 Å². The van der Waals surface area contributed by atoms with E-state index in [1.165, 1.54) is 73.6 Å². The predicted molar refractivity (Wildman–Crippen MR) is 192 cm³/mol. The van der Waals surface area contributed by atoms with Gasteiger partial charge in [-0.1, -0.05) is 65.5 Å². The van der Waals surface area contributed by atoms with Crippen LogP contribution >= 0.6 is 0 Å². The van der Waals surface area contributed by atoms with Crippen LogP contribution in [0.1, 0.15) is 142 Å². The molecule has 4 nitrogen and oxygen atoms in total. The summed E-state index contributed by atoms with van der Waals surface area (Å²) >= 11 is 0. The molecule has 0 radical (unpaired) electrons. The molecule has 0 fully saturated rings. The van der Waals surface area contributed by atoms with Gasteiger partial charge in [-0.05, 0) is 137 Å². The lowest BCUT2D eigenvalue weighted by molar-refractivity contribution is 0.0506. The van der Waals surface area contributed by atoms with Crippen molar-refractivity contribution < 1.29 is 19.7 Å². The third-order valence-electron chi connectivity index (χ3n) is 10.9. The molecular weight excluding hydrogens is 568 g/mol. The van der Waals surface area contributed by atoms with Crippen LogP contribution in [-0.4, -0.2) is 21.4 Å². The van der Waals surface area contributed by atoms with Gasteiger partial charge in [0.1, 0.15) is 34.2 Å². The zero-order valence-corrected chi connectivity index (χ0v) is 30.0. The predicted octanol–water partition coefficient (Wildman–Crippen LogP) is 11.5. The molecule has 0 bridgehead atoms. The maximum absolute atomic E-state index is 10.7. The Kier molecular flexibility index (Phi) is 10.5. The zero-order valence-electron chi connectivity index (χ0n) is 30.0. The Morgan fingerprint density at radius 3 is 1.37 bits per heavy atom. The van der Waals surface area contributed by atoms with Crippen molar-refractivity contribution in [1.29, 1.82) is 0 Å². The van der Waals surface area contributed by atoms with E-state index in [1.54, 1.807) is 0 Å². The van der Waals surface area contributed by atoms with E-state index >= 15 is 0 Å². The normalized spacial score (nSPS) is 25.1. The third kappa shape index (κ3) is 7.32. The second-order valence-electron chi connectivity index (χ2n) is 15.8. The van der Waals surface area contributed by atoms with Gasteiger partial charge >= 0.3 is 0 Å². The van der Waals surface area contributed by atoms with Crippen molar-refractivity contribution in [2.45, 2.75) is 144 Å². The van der Waals surface area contributed by atoms with Gasteiger partial charge in [0, 0.05) is 11.8 Å². The fourth-order valence-corrected chi connectivity index (χ4v) is 8.35. The van der Waals surface area contributed by atoms with Gasteiger partial charge in [-0.25, -0.2) is 0 Å². The van der Waals surface area contributed by atoms with Crippen molar-refractivity contribution in [3.63, 3.8) is 0 Å². The molecule has 0 saturated heterocycles. The topological polar surface area (TPSA) is 58.9 Å². The summed E-state index contributed by atoms with van der Waals surface area (Å²) in [6, 6.07) is 8.21. The standard InChI is InChI=1S/2C21H30O2/c2*1-5-6-7-8-15-12-18(22)20-16-11-14(2)9-10-17(16)21(3,4)23-19(20)13-15/h2*11-14,17,22H,5-10H2,1-4H3/t14-,17+;14-,17-/m01/s1. The van der Waals surface area contributed by atoms with Crippen LogP contribution in [0.2, 0.25) is 0 Å². The lowest BCUT2D eigenvalue weighted by Gasteiger charge is -2.44. The average Bonchev–Trinajstić information content (AvgIpc) is 2.96. The molecule has 0 spiro atoms. The second kappa shape index (κ2) is 14.1. The Morgan fingerprint density at radius 2 is 1.00 bits per heavy atom. The lowest BCUT2D eigenvalue weighted by atomic mass is 9.70. The molecule has 0 saturated carbocycles. The third-order valence-corrected chi connectivity index (χ3v) is 10.9. The van der Waals surface area contributed by atoms with Crippen LogP contribution in [0.15, 0.2) is 36.4 Å². The molecule has 2 aromatic carbocycles. The van der Waals surface area contributed by atoms with E-state index in [4.69, 9.17) is 9.47 Å². The number of allylic oxidation sites excluding steroid dienone is 2.